The van der Waals surface area contributed by atoms with Gasteiger partial charge in [0.2, 0.25) is 5.91 Å². The van der Waals surface area contributed by atoms with Crippen LogP contribution in [0.5, 0.6) is 0 Å². The highest BCUT2D eigenvalue weighted by molar-refractivity contribution is 6.30. The maximum Gasteiger partial charge on any atom is 0.307 e. The zero-order valence-electron chi connectivity index (χ0n) is 17.5. The number of carbonyl (C=O) groups is 2. The lowest BCUT2D eigenvalue weighted by molar-refractivity contribution is -0.139. The molecule has 8 heteroatoms. The highest BCUT2D eigenvalue weighted by Crippen LogP contribution is 2.34. The fraction of sp³-hybridized carbons (Fsp3) is 0.375. The summed E-state index contributed by atoms with van der Waals surface area (Å²) < 4.78 is 18.7. The van der Waals surface area contributed by atoms with E-state index in [0.717, 1.165) is 5.56 Å². The smallest absolute Gasteiger partial charge is 0.307 e. The van der Waals surface area contributed by atoms with Crippen molar-refractivity contribution in [2.75, 3.05) is 19.7 Å². The Morgan fingerprint density at radius 3 is 2.47 bits per heavy atom. The monoisotopic (exact) mass is 458 g/mol. The summed E-state index contributed by atoms with van der Waals surface area (Å²) in [6, 6.07) is 13.5. The van der Waals surface area contributed by atoms with Crippen molar-refractivity contribution in [3.63, 3.8) is 0 Å². The van der Waals surface area contributed by atoms with E-state index in [1.807, 2.05) is 0 Å². The normalized spacial score (nSPS) is 15.2. The predicted molar refractivity (Wildman–Crippen MR) is 116 cm³/mol. The SMILES string of the molecule is N#CC1(Cc2ccc(F)cc2)CCN(C(=O)COCc2ccc(Cl)cc2CC(=O)O)CC1. The van der Waals surface area contributed by atoms with Crippen LogP contribution in [-0.4, -0.2) is 41.6 Å². The summed E-state index contributed by atoms with van der Waals surface area (Å²) in [5.74, 6) is -1.46. The Labute approximate surface area is 191 Å². The molecule has 0 aliphatic carbocycles. The van der Waals surface area contributed by atoms with Crippen molar-refractivity contribution in [3.8, 4) is 6.07 Å². The molecule has 1 aliphatic rings. The van der Waals surface area contributed by atoms with Crippen LogP contribution in [0, 0.1) is 22.6 Å². The summed E-state index contributed by atoms with van der Waals surface area (Å²) in [6.07, 6.45) is 1.41. The lowest BCUT2D eigenvalue weighted by Crippen LogP contribution is -2.44. The van der Waals surface area contributed by atoms with E-state index in [4.69, 9.17) is 21.4 Å². The Morgan fingerprint density at radius 2 is 1.84 bits per heavy atom. The van der Waals surface area contributed by atoms with Crippen molar-refractivity contribution >= 4 is 23.5 Å². The molecule has 0 radical (unpaired) electrons. The summed E-state index contributed by atoms with van der Waals surface area (Å²) in [4.78, 5) is 25.3. The Bertz CT molecular complexity index is 1010. The van der Waals surface area contributed by atoms with E-state index in [1.54, 1.807) is 35.2 Å². The standard InChI is InChI=1S/C24H24ClFN2O4/c25-20-4-3-18(19(11-20)12-23(30)31)14-32-15-22(29)28-9-7-24(16-27,8-10-28)13-17-1-5-21(26)6-2-17/h1-6,11H,7-10,12-15H2,(H,30,31). The average Bonchev–Trinajstić information content (AvgIpc) is 2.77. The number of likely N-dealkylation sites (tertiary alicyclic amines) is 1. The second-order valence-corrected chi connectivity index (χ2v) is 8.49. The number of carboxylic acids is 1. The zero-order valence-corrected chi connectivity index (χ0v) is 18.3. The van der Waals surface area contributed by atoms with E-state index in [-0.39, 0.29) is 31.4 Å². The topological polar surface area (TPSA) is 90.6 Å². The number of benzene rings is 2. The quantitative estimate of drug-likeness (QED) is 0.645. The molecule has 6 nitrogen and oxygen atoms in total. The molecule has 1 N–H and O–H groups in total. The lowest BCUT2D eigenvalue weighted by atomic mass is 9.75. The van der Waals surface area contributed by atoms with Crippen molar-refractivity contribution in [2.45, 2.75) is 32.3 Å². The van der Waals surface area contributed by atoms with E-state index in [9.17, 15) is 19.2 Å². The number of halogens is 2. The summed E-state index contributed by atoms with van der Waals surface area (Å²) >= 11 is 5.95. The van der Waals surface area contributed by atoms with Gasteiger partial charge in [-0.15, -0.1) is 0 Å². The lowest BCUT2D eigenvalue weighted by Gasteiger charge is -2.37. The van der Waals surface area contributed by atoms with Gasteiger partial charge >= 0.3 is 5.97 Å². The maximum absolute atomic E-state index is 13.1. The molecule has 1 heterocycles. The number of carboxylic acid groups (broad SMARTS) is 1. The van der Waals surface area contributed by atoms with Gasteiger partial charge in [0.15, 0.2) is 0 Å². The van der Waals surface area contributed by atoms with Gasteiger partial charge in [-0.3, -0.25) is 9.59 Å². The average molecular weight is 459 g/mol. The third kappa shape index (κ3) is 6.28. The predicted octanol–water partition coefficient (Wildman–Crippen LogP) is 4.00. The number of amides is 1. The number of piperidine rings is 1. The van der Waals surface area contributed by atoms with Gasteiger partial charge in [0, 0.05) is 18.1 Å². The summed E-state index contributed by atoms with van der Waals surface area (Å²) in [5, 5.41) is 19.2. The minimum atomic E-state index is -0.973. The minimum absolute atomic E-state index is 0.103. The van der Waals surface area contributed by atoms with Crippen LogP contribution in [0.2, 0.25) is 5.02 Å². The minimum Gasteiger partial charge on any atom is -0.481 e. The molecule has 1 fully saturated rings. The van der Waals surface area contributed by atoms with Crippen molar-refractivity contribution in [3.05, 3.63) is 70.0 Å². The van der Waals surface area contributed by atoms with E-state index < -0.39 is 11.4 Å². The van der Waals surface area contributed by atoms with Gasteiger partial charge in [-0.25, -0.2) is 4.39 Å². The van der Waals surface area contributed by atoms with Gasteiger partial charge in [0.1, 0.15) is 12.4 Å². The van der Waals surface area contributed by atoms with Gasteiger partial charge in [-0.2, -0.15) is 5.26 Å². The number of nitrogens with zero attached hydrogens (tertiary/aromatic N) is 2. The van der Waals surface area contributed by atoms with E-state index in [0.29, 0.717) is 48.5 Å². The van der Waals surface area contributed by atoms with Crippen molar-refractivity contribution < 1.29 is 23.8 Å². The van der Waals surface area contributed by atoms with Crippen LogP contribution in [-0.2, 0) is 33.8 Å². The van der Waals surface area contributed by atoms with Gasteiger partial charge in [-0.1, -0.05) is 29.8 Å². The van der Waals surface area contributed by atoms with E-state index in [2.05, 4.69) is 6.07 Å². The molecule has 0 bridgehead atoms. The number of hydrogen-bond acceptors (Lipinski definition) is 4. The fourth-order valence-electron chi connectivity index (χ4n) is 3.91. The van der Waals surface area contributed by atoms with Crippen LogP contribution < -0.4 is 0 Å². The Morgan fingerprint density at radius 1 is 1.16 bits per heavy atom. The number of carbonyl (C=O) groups excluding carboxylic acids is 1. The first kappa shape index (κ1) is 23.7. The van der Waals surface area contributed by atoms with Crippen LogP contribution in [0.25, 0.3) is 0 Å². The summed E-state index contributed by atoms with van der Waals surface area (Å²) in [7, 11) is 0. The number of rotatable bonds is 8. The molecule has 2 aromatic rings. The van der Waals surface area contributed by atoms with E-state index in [1.165, 1.54) is 12.1 Å². The molecule has 0 unspecified atom stereocenters. The Hall–Kier alpha value is -2.95. The summed E-state index contributed by atoms with van der Waals surface area (Å²) in [5.41, 5.74) is 1.54. The van der Waals surface area contributed by atoms with Crippen LogP contribution in [0.4, 0.5) is 4.39 Å². The van der Waals surface area contributed by atoms with Crippen LogP contribution in [0.3, 0.4) is 0 Å². The van der Waals surface area contributed by atoms with Gasteiger partial charge < -0.3 is 14.7 Å². The van der Waals surface area contributed by atoms with Crippen molar-refractivity contribution in [1.82, 2.24) is 4.90 Å². The van der Waals surface area contributed by atoms with Gasteiger partial charge in [-0.05, 0) is 60.2 Å². The highest BCUT2D eigenvalue weighted by atomic mass is 35.5. The van der Waals surface area contributed by atoms with E-state index >= 15 is 0 Å². The number of aliphatic carboxylic acids is 1. The van der Waals surface area contributed by atoms with Crippen molar-refractivity contribution in [2.24, 2.45) is 5.41 Å². The first-order valence-electron chi connectivity index (χ1n) is 10.3. The molecule has 1 amide bonds. The van der Waals surface area contributed by atoms with Crippen LogP contribution in [0.15, 0.2) is 42.5 Å². The molecule has 2 aromatic carbocycles. The third-order valence-electron chi connectivity index (χ3n) is 5.76. The second kappa shape index (κ2) is 10.6. The molecule has 3 rings (SSSR count). The van der Waals surface area contributed by atoms with Crippen LogP contribution >= 0.6 is 11.6 Å². The van der Waals surface area contributed by atoms with Crippen molar-refractivity contribution in [1.29, 1.82) is 5.26 Å². The highest BCUT2D eigenvalue weighted by Gasteiger charge is 2.36. The molecule has 0 atom stereocenters. The molecule has 0 spiro atoms. The van der Waals surface area contributed by atoms with Gasteiger partial charge in [0.05, 0.1) is 24.5 Å². The molecule has 1 saturated heterocycles. The van der Waals surface area contributed by atoms with Gasteiger partial charge in [0.25, 0.3) is 0 Å². The largest absolute Gasteiger partial charge is 0.481 e. The number of nitriles is 1. The molecule has 168 valence electrons. The maximum atomic E-state index is 13.1. The Balaban J connectivity index is 1.51. The zero-order chi connectivity index (χ0) is 23.1. The molecule has 0 saturated carbocycles. The number of ether oxygens (including phenoxy) is 1. The fourth-order valence-corrected chi connectivity index (χ4v) is 4.10. The first-order chi connectivity index (χ1) is 15.3. The molecule has 32 heavy (non-hydrogen) atoms. The summed E-state index contributed by atoms with van der Waals surface area (Å²) in [6.45, 7) is 0.864. The third-order valence-corrected chi connectivity index (χ3v) is 5.99. The Kier molecular flexibility index (Phi) is 7.84. The molecule has 0 aromatic heterocycles. The molecule has 1 aliphatic heterocycles. The molecular weight excluding hydrogens is 435 g/mol. The number of hydrogen-bond donors (Lipinski definition) is 1. The molecular formula is C24H24ClFN2O4. The second-order valence-electron chi connectivity index (χ2n) is 8.05. The first-order valence-corrected chi connectivity index (χ1v) is 10.7. The van der Waals surface area contributed by atoms with Crippen LogP contribution in [0.1, 0.15) is 29.5 Å².